The van der Waals surface area contributed by atoms with Gasteiger partial charge in [-0.05, 0) is 13.8 Å². The van der Waals surface area contributed by atoms with E-state index >= 15 is 0 Å². The van der Waals surface area contributed by atoms with Gasteiger partial charge in [0.15, 0.2) is 0 Å². The van der Waals surface area contributed by atoms with Crippen molar-refractivity contribution in [1.82, 2.24) is 5.32 Å². The molecular formula is C9H19N3O2. The first-order chi connectivity index (χ1) is 6.34. The third-order valence-corrected chi connectivity index (χ3v) is 2.10. The fraction of sp³-hybridized carbons (Fsp3) is 0.778. The van der Waals surface area contributed by atoms with E-state index in [1.165, 1.54) is 0 Å². The number of carbonyl (C=O) groups is 2. The maximum Gasteiger partial charge on any atom is 0.224 e. The van der Waals surface area contributed by atoms with Gasteiger partial charge >= 0.3 is 0 Å². The van der Waals surface area contributed by atoms with Crippen LogP contribution < -0.4 is 16.8 Å². The maximum absolute atomic E-state index is 11.4. The van der Waals surface area contributed by atoms with E-state index in [0.29, 0.717) is 0 Å². The monoisotopic (exact) mass is 201 g/mol. The van der Waals surface area contributed by atoms with Crippen LogP contribution >= 0.6 is 0 Å². The minimum atomic E-state index is -0.425. The molecular weight excluding hydrogens is 182 g/mol. The Kier molecular flexibility index (Phi) is 5.15. The summed E-state index contributed by atoms with van der Waals surface area (Å²) in [7, 11) is 0. The Hall–Kier alpha value is -1.10. The molecule has 0 aromatic heterocycles. The second kappa shape index (κ2) is 5.59. The number of hydrogen-bond donors (Lipinski definition) is 3. The summed E-state index contributed by atoms with van der Waals surface area (Å²) in [5, 5.41) is 2.67. The molecule has 0 saturated heterocycles. The van der Waals surface area contributed by atoms with Crippen LogP contribution in [0.3, 0.4) is 0 Å². The largest absolute Gasteiger partial charge is 0.370 e. The van der Waals surface area contributed by atoms with E-state index in [1.54, 1.807) is 20.8 Å². The molecule has 0 aliphatic heterocycles. The lowest BCUT2D eigenvalue weighted by atomic mass is 10.0. The highest BCUT2D eigenvalue weighted by atomic mass is 16.2. The van der Waals surface area contributed by atoms with E-state index < -0.39 is 5.91 Å². The van der Waals surface area contributed by atoms with Crippen molar-refractivity contribution < 1.29 is 9.59 Å². The lowest BCUT2D eigenvalue weighted by Gasteiger charge is -2.18. The quantitative estimate of drug-likeness (QED) is 0.551. The maximum atomic E-state index is 11.4. The molecule has 0 fully saturated rings. The smallest absolute Gasteiger partial charge is 0.224 e. The Balaban J connectivity index is 3.99. The zero-order chi connectivity index (χ0) is 11.3. The molecule has 0 saturated carbocycles. The van der Waals surface area contributed by atoms with E-state index in [2.05, 4.69) is 5.32 Å². The third kappa shape index (κ3) is 4.81. The van der Waals surface area contributed by atoms with Gasteiger partial charge in [-0.25, -0.2) is 0 Å². The van der Waals surface area contributed by atoms with Crippen LogP contribution in [-0.2, 0) is 9.59 Å². The number of hydrogen-bond acceptors (Lipinski definition) is 3. The van der Waals surface area contributed by atoms with Gasteiger partial charge in [-0.1, -0.05) is 6.92 Å². The molecule has 0 bridgehead atoms. The van der Waals surface area contributed by atoms with Crippen LogP contribution in [0.4, 0.5) is 0 Å². The molecule has 3 unspecified atom stereocenters. The van der Waals surface area contributed by atoms with Gasteiger partial charge in [0.05, 0.1) is 0 Å². The number of rotatable bonds is 5. The summed E-state index contributed by atoms with van der Waals surface area (Å²) in [4.78, 5) is 22.0. The number of carbonyl (C=O) groups excluding carboxylic acids is 2. The van der Waals surface area contributed by atoms with Gasteiger partial charge in [0.2, 0.25) is 11.8 Å². The van der Waals surface area contributed by atoms with Crippen LogP contribution in [0.5, 0.6) is 0 Å². The van der Waals surface area contributed by atoms with Crippen molar-refractivity contribution in [2.24, 2.45) is 17.4 Å². The van der Waals surface area contributed by atoms with Crippen molar-refractivity contribution in [3.8, 4) is 0 Å². The summed E-state index contributed by atoms with van der Waals surface area (Å²) in [6.45, 7) is 5.25. The van der Waals surface area contributed by atoms with Gasteiger partial charge < -0.3 is 16.8 Å². The molecule has 5 nitrogen and oxygen atoms in total. The van der Waals surface area contributed by atoms with Crippen molar-refractivity contribution >= 4 is 11.8 Å². The van der Waals surface area contributed by atoms with Crippen molar-refractivity contribution in [3.63, 3.8) is 0 Å². The van der Waals surface area contributed by atoms with E-state index in [4.69, 9.17) is 11.5 Å². The van der Waals surface area contributed by atoms with Gasteiger partial charge in [0, 0.05) is 24.4 Å². The standard InChI is InChI=1S/C9H19N3O2/c1-5(4-8(11)13)12-9(14)6(2)7(3)10/h5-7H,4,10H2,1-3H3,(H2,11,13)(H,12,14). The normalized spacial score (nSPS) is 16.9. The summed E-state index contributed by atoms with van der Waals surface area (Å²) in [5.74, 6) is -0.828. The molecule has 3 atom stereocenters. The highest BCUT2D eigenvalue weighted by molar-refractivity contribution is 5.80. The SMILES string of the molecule is CC(CC(N)=O)NC(=O)C(C)C(C)N. The Morgan fingerprint density at radius 1 is 1.29 bits per heavy atom. The van der Waals surface area contributed by atoms with Crippen LogP contribution in [0.15, 0.2) is 0 Å². The summed E-state index contributed by atoms with van der Waals surface area (Å²) in [6.07, 6.45) is 0.150. The molecule has 2 amide bonds. The second-order valence-electron chi connectivity index (χ2n) is 3.73. The Bertz CT molecular complexity index is 216. The zero-order valence-corrected chi connectivity index (χ0v) is 8.91. The molecule has 0 heterocycles. The topological polar surface area (TPSA) is 98.2 Å². The number of nitrogens with two attached hydrogens (primary N) is 2. The summed E-state index contributed by atoms with van der Waals surface area (Å²) in [6, 6.07) is -0.433. The van der Waals surface area contributed by atoms with Gasteiger partial charge in [0.25, 0.3) is 0 Å². The van der Waals surface area contributed by atoms with Crippen LogP contribution in [0.1, 0.15) is 27.2 Å². The van der Waals surface area contributed by atoms with Crippen LogP contribution in [0.25, 0.3) is 0 Å². The molecule has 0 aliphatic carbocycles. The van der Waals surface area contributed by atoms with E-state index in [0.717, 1.165) is 0 Å². The second-order valence-corrected chi connectivity index (χ2v) is 3.73. The predicted octanol–water partition coefficient (Wildman–Crippen LogP) is -0.650. The van der Waals surface area contributed by atoms with Crippen molar-refractivity contribution in [2.45, 2.75) is 39.3 Å². The summed E-state index contributed by atoms with van der Waals surface area (Å²) < 4.78 is 0. The van der Waals surface area contributed by atoms with Crippen molar-refractivity contribution in [1.29, 1.82) is 0 Å². The van der Waals surface area contributed by atoms with Gasteiger partial charge in [0.1, 0.15) is 0 Å². The van der Waals surface area contributed by atoms with Gasteiger partial charge in [-0.2, -0.15) is 0 Å². The van der Waals surface area contributed by atoms with E-state index in [9.17, 15) is 9.59 Å². The molecule has 0 spiro atoms. The van der Waals surface area contributed by atoms with Crippen LogP contribution in [-0.4, -0.2) is 23.9 Å². The number of amides is 2. The lowest BCUT2D eigenvalue weighted by Crippen LogP contribution is -2.43. The molecule has 0 radical (unpaired) electrons. The summed E-state index contributed by atoms with van der Waals surface area (Å²) >= 11 is 0. The Labute approximate surface area is 84.2 Å². The third-order valence-electron chi connectivity index (χ3n) is 2.10. The van der Waals surface area contributed by atoms with Gasteiger partial charge in [-0.15, -0.1) is 0 Å². The van der Waals surface area contributed by atoms with Crippen LogP contribution in [0.2, 0.25) is 0 Å². The Morgan fingerprint density at radius 2 is 1.79 bits per heavy atom. The fourth-order valence-electron chi connectivity index (χ4n) is 0.966. The molecule has 0 aromatic rings. The lowest BCUT2D eigenvalue weighted by molar-refractivity contribution is -0.125. The highest BCUT2D eigenvalue weighted by Gasteiger charge is 2.19. The predicted molar refractivity (Wildman–Crippen MR) is 54.2 cm³/mol. The number of primary amides is 1. The molecule has 14 heavy (non-hydrogen) atoms. The first-order valence-corrected chi connectivity index (χ1v) is 4.68. The minimum Gasteiger partial charge on any atom is -0.370 e. The fourth-order valence-corrected chi connectivity index (χ4v) is 0.966. The average molecular weight is 201 g/mol. The average Bonchev–Trinajstić information content (AvgIpc) is 2.00. The zero-order valence-electron chi connectivity index (χ0n) is 8.91. The first kappa shape index (κ1) is 12.9. The summed E-state index contributed by atoms with van der Waals surface area (Å²) in [5.41, 5.74) is 10.6. The molecule has 0 aromatic carbocycles. The van der Waals surface area contributed by atoms with Crippen molar-refractivity contribution in [3.05, 3.63) is 0 Å². The first-order valence-electron chi connectivity index (χ1n) is 4.68. The molecule has 5 N–H and O–H groups in total. The van der Waals surface area contributed by atoms with E-state index in [-0.39, 0.29) is 30.3 Å². The minimum absolute atomic E-state index is 0.145. The van der Waals surface area contributed by atoms with Crippen LogP contribution in [0, 0.1) is 5.92 Å². The van der Waals surface area contributed by atoms with E-state index in [1.807, 2.05) is 0 Å². The highest BCUT2D eigenvalue weighted by Crippen LogP contribution is 2.01. The molecule has 82 valence electrons. The molecule has 5 heteroatoms. The molecule has 0 aliphatic rings. The van der Waals surface area contributed by atoms with Crippen molar-refractivity contribution in [2.75, 3.05) is 0 Å². The Morgan fingerprint density at radius 3 is 2.14 bits per heavy atom. The number of nitrogens with one attached hydrogen (secondary N) is 1. The molecule has 0 rings (SSSR count). The van der Waals surface area contributed by atoms with Gasteiger partial charge in [-0.3, -0.25) is 9.59 Å².